The molecule has 0 aliphatic heterocycles. The minimum atomic E-state index is 0.485. The van der Waals surface area contributed by atoms with Gasteiger partial charge in [-0.2, -0.15) is 10.5 Å². The first-order valence-corrected chi connectivity index (χ1v) is 9.91. The Kier molecular flexibility index (Phi) is 5.81. The quantitative estimate of drug-likeness (QED) is 0.512. The van der Waals surface area contributed by atoms with Gasteiger partial charge in [-0.15, -0.1) is 0 Å². The number of rotatable bonds is 4. The van der Waals surface area contributed by atoms with Crippen LogP contribution >= 0.6 is 0 Å². The maximum absolute atomic E-state index is 9.78. The van der Waals surface area contributed by atoms with Gasteiger partial charge in [0.2, 0.25) is 0 Å². The highest BCUT2D eigenvalue weighted by atomic mass is 14.9. The lowest BCUT2D eigenvalue weighted by Crippen LogP contribution is -2.03. The van der Waals surface area contributed by atoms with Gasteiger partial charge in [0.1, 0.15) is 12.1 Å². The monoisotopic (exact) mass is 394 g/mol. The molecule has 3 aromatic carbocycles. The fourth-order valence-electron chi connectivity index (χ4n) is 4.02. The van der Waals surface area contributed by atoms with Gasteiger partial charge >= 0.3 is 0 Å². The fourth-order valence-corrected chi connectivity index (χ4v) is 4.02. The number of hydrogen-bond donors (Lipinski definition) is 2. The summed E-state index contributed by atoms with van der Waals surface area (Å²) >= 11 is 0. The highest BCUT2D eigenvalue weighted by Crippen LogP contribution is 2.33. The first-order valence-electron chi connectivity index (χ1n) is 9.91. The van der Waals surface area contributed by atoms with Crippen LogP contribution < -0.4 is 10.6 Å². The molecule has 4 nitrogen and oxygen atoms in total. The summed E-state index contributed by atoms with van der Waals surface area (Å²) in [4.78, 5) is 0. The Morgan fingerprint density at radius 1 is 0.533 bits per heavy atom. The molecule has 4 heteroatoms. The molecule has 0 atom stereocenters. The molecule has 2 N–H and O–H groups in total. The van der Waals surface area contributed by atoms with E-state index in [1.807, 2.05) is 27.7 Å². The maximum Gasteiger partial charge on any atom is 0.101 e. The van der Waals surface area contributed by atoms with E-state index in [4.69, 9.17) is 0 Å². The van der Waals surface area contributed by atoms with Crippen LogP contribution in [0.5, 0.6) is 0 Å². The maximum atomic E-state index is 9.78. The van der Waals surface area contributed by atoms with Crippen molar-refractivity contribution in [2.45, 2.75) is 41.5 Å². The Hall–Kier alpha value is -3.76. The molecular weight excluding hydrogens is 368 g/mol. The summed E-state index contributed by atoms with van der Waals surface area (Å²) in [5.74, 6) is 0. The molecule has 0 aromatic heterocycles. The van der Waals surface area contributed by atoms with Gasteiger partial charge in [0, 0.05) is 11.4 Å². The molecule has 0 spiro atoms. The number of anilines is 4. The lowest BCUT2D eigenvalue weighted by molar-refractivity contribution is 1.30. The van der Waals surface area contributed by atoms with E-state index in [9.17, 15) is 10.5 Å². The van der Waals surface area contributed by atoms with E-state index < -0.39 is 0 Å². The second-order valence-electron chi connectivity index (χ2n) is 7.96. The van der Waals surface area contributed by atoms with Crippen molar-refractivity contribution in [1.82, 2.24) is 0 Å². The number of nitrogens with one attached hydrogen (secondary N) is 2. The number of nitrogens with zero attached hydrogens (tertiary/aromatic N) is 2. The summed E-state index contributed by atoms with van der Waals surface area (Å²) < 4.78 is 0. The predicted molar refractivity (Wildman–Crippen MR) is 124 cm³/mol. The van der Waals surface area contributed by atoms with Gasteiger partial charge in [-0.1, -0.05) is 35.4 Å². The van der Waals surface area contributed by atoms with E-state index >= 15 is 0 Å². The fraction of sp³-hybridized carbons (Fsp3) is 0.231. The first-order chi connectivity index (χ1) is 14.2. The molecule has 0 heterocycles. The van der Waals surface area contributed by atoms with Crippen molar-refractivity contribution in [3.8, 4) is 12.1 Å². The SMILES string of the molecule is Cc1cc(C)c(Nc2cc(C#N)c(Nc3c(C)cc(C)cc3C)cc2C#N)c(C)c1. The van der Waals surface area contributed by atoms with E-state index in [1.54, 1.807) is 12.1 Å². The summed E-state index contributed by atoms with van der Waals surface area (Å²) in [6.45, 7) is 12.3. The van der Waals surface area contributed by atoms with Crippen LogP contribution in [-0.4, -0.2) is 0 Å². The molecule has 0 saturated carbocycles. The van der Waals surface area contributed by atoms with Crippen LogP contribution in [0.2, 0.25) is 0 Å². The van der Waals surface area contributed by atoms with E-state index in [2.05, 4.69) is 60.9 Å². The van der Waals surface area contributed by atoms with E-state index in [1.165, 1.54) is 11.1 Å². The third-order valence-electron chi connectivity index (χ3n) is 5.27. The van der Waals surface area contributed by atoms with Crippen LogP contribution in [-0.2, 0) is 0 Å². The lowest BCUT2D eigenvalue weighted by atomic mass is 10.0. The molecule has 0 fully saturated rings. The van der Waals surface area contributed by atoms with Crippen LogP contribution in [0, 0.1) is 64.2 Å². The molecule has 0 bridgehead atoms. The zero-order chi connectivity index (χ0) is 22.0. The van der Waals surface area contributed by atoms with Crippen molar-refractivity contribution in [1.29, 1.82) is 10.5 Å². The van der Waals surface area contributed by atoms with Gasteiger partial charge in [-0.25, -0.2) is 0 Å². The molecule has 0 aliphatic rings. The standard InChI is InChI=1S/C26H26N4/c1-15-7-17(3)25(18(4)8-15)29-23-11-22(14-28)24(12-21(23)13-27)30-26-19(5)9-16(2)10-20(26)6/h7-12,29-30H,1-6H3. The van der Waals surface area contributed by atoms with Crippen LogP contribution in [0.3, 0.4) is 0 Å². The van der Waals surface area contributed by atoms with Gasteiger partial charge in [-0.3, -0.25) is 0 Å². The smallest absolute Gasteiger partial charge is 0.101 e. The molecule has 150 valence electrons. The average Bonchev–Trinajstić information content (AvgIpc) is 2.67. The first kappa shape index (κ1) is 21.0. The molecule has 3 rings (SSSR count). The van der Waals surface area contributed by atoms with Crippen molar-refractivity contribution in [2.24, 2.45) is 0 Å². The van der Waals surface area contributed by atoms with Gasteiger partial charge in [-0.05, 0) is 75.9 Å². The Morgan fingerprint density at radius 2 is 0.833 bits per heavy atom. The highest BCUT2D eigenvalue weighted by Gasteiger charge is 2.14. The molecule has 0 saturated heterocycles. The Labute approximate surface area is 178 Å². The molecule has 0 aliphatic carbocycles. The number of aryl methyl sites for hydroxylation is 6. The topological polar surface area (TPSA) is 71.6 Å². The second-order valence-corrected chi connectivity index (χ2v) is 7.96. The minimum Gasteiger partial charge on any atom is -0.354 e. The Bertz CT molecular complexity index is 1080. The minimum absolute atomic E-state index is 0.485. The van der Waals surface area contributed by atoms with Gasteiger partial charge in [0.05, 0.1) is 22.5 Å². The third kappa shape index (κ3) is 4.14. The number of hydrogen-bond acceptors (Lipinski definition) is 4. The molecule has 0 radical (unpaired) electrons. The van der Waals surface area contributed by atoms with Gasteiger partial charge in [0.15, 0.2) is 0 Å². The van der Waals surface area contributed by atoms with Crippen LogP contribution in [0.25, 0.3) is 0 Å². The molecule has 0 unspecified atom stereocenters. The van der Waals surface area contributed by atoms with Crippen molar-refractivity contribution < 1.29 is 0 Å². The Morgan fingerprint density at radius 3 is 1.10 bits per heavy atom. The zero-order valence-corrected chi connectivity index (χ0v) is 18.4. The van der Waals surface area contributed by atoms with Crippen LogP contribution in [0.15, 0.2) is 36.4 Å². The van der Waals surface area contributed by atoms with Crippen molar-refractivity contribution in [3.63, 3.8) is 0 Å². The van der Waals surface area contributed by atoms with E-state index in [-0.39, 0.29) is 0 Å². The molecule has 30 heavy (non-hydrogen) atoms. The summed E-state index contributed by atoms with van der Waals surface area (Å²) in [6, 6.07) is 16.4. The summed E-state index contributed by atoms with van der Waals surface area (Å²) in [5, 5.41) is 26.3. The normalized spacial score (nSPS) is 10.3. The second kappa shape index (κ2) is 8.31. The van der Waals surface area contributed by atoms with Crippen molar-refractivity contribution >= 4 is 22.7 Å². The number of benzene rings is 3. The zero-order valence-electron chi connectivity index (χ0n) is 18.4. The highest BCUT2D eigenvalue weighted by molar-refractivity contribution is 5.79. The largest absolute Gasteiger partial charge is 0.354 e. The molecule has 3 aromatic rings. The van der Waals surface area contributed by atoms with Gasteiger partial charge < -0.3 is 10.6 Å². The van der Waals surface area contributed by atoms with E-state index in [0.29, 0.717) is 22.5 Å². The summed E-state index contributed by atoms with van der Waals surface area (Å²) in [6.07, 6.45) is 0. The Balaban J connectivity index is 2.06. The summed E-state index contributed by atoms with van der Waals surface area (Å²) in [7, 11) is 0. The lowest BCUT2D eigenvalue weighted by Gasteiger charge is -2.18. The predicted octanol–water partition coefficient (Wildman–Crippen LogP) is 6.77. The third-order valence-corrected chi connectivity index (χ3v) is 5.27. The average molecular weight is 395 g/mol. The summed E-state index contributed by atoms with van der Waals surface area (Å²) in [5.41, 5.74) is 10.9. The van der Waals surface area contributed by atoms with Gasteiger partial charge in [0.25, 0.3) is 0 Å². The molecular formula is C26H26N4. The van der Waals surface area contributed by atoms with Crippen LogP contribution in [0.1, 0.15) is 44.5 Å². The van der Waals surface area contributed by atoms with Crippen molar-refractivity contribution in [2.75, 3.05) is 10.6 Å². The van der Waals surface area contributed by atoms with Crippen molar-refractivity contribution in [3.05, 3.63) is 80.9 Å². The molecule has 0 amide bonds. The van der Waals surface area contributed by atoms with Crippen LogP contribution in [0.4, 0.5) is 22.7 Å². The van der Waals surface area contributed by atoms with E-state index in [0.717, 1.165) is 33.6 Å². The number of nitriles is 2.